The lowest BCUT2D eigenvalue weighted by Crippen LogP contribution is -2.25. The van der Waals surface area contributed by atoms with Gasteiger partial charge in [0.15, 0.2) is 0 Å². The third-order valence-corrected chi connectivity index (χ3v) is 3.30. The molecule has 0 unspecified atom stereocenters. The Balaban J connectivity index is 1.94. The lowest BCUT2D eigenvalue weighted by atomic mass is 10.1. The molecule has 1 saturated heterocycles. The van der Waals surface area contributed by atoms with Gasteiger partial charge in [0.2, 0.25) is 0 Å². The number of aliphatic hydroxyl groups excluding tert-OH is 1. The third-order valence-electron chi connectivity index (χ3n) is 3.30. The average molecular weight is 259 g/mol. The summed E-state index contributed by atoms with van der Waals surface area (Å²) < 4.78 is 5.83. The minimum Gasteiger partial charge on any atom is -0.491 e. The largest absolute Gasteiger partial charge is 0.491 e. The lowest BCUT2D eigenvalue weighted by molar-refractivity contribution is 0.237. The van der Waals surface area contributed by atoms with E-state index in [0.29, 0.717) is 6.61 Å². The van der Waals surface area contributed by atoms with Crippen LogP contribution in [0.3, 0.4) is 0 Å². The zero-order valence-electron chi connectivity index (χ0n) is 11.5. The second kappa shape index (κ2) is 7.18. The number of benzene rings is 1. The maximum Gasteiger partial charge on any atom is 0.134 e. The van der Waals surface area contributed by atoms with Crippen molar-refractivity contribution < 1.29 is 9.84 Å². The Morgan fingerprint density at radius 2 is 2.11 bits per heavy atom. The molecule has 3 nitrogen and oxygen atoms in total. The Morgan fingerprint density at radius 3 is 2.84 bits per heavy atom. The molecule has 1 N–H and O–H groups in total. The van der Waals surface area contributed by atoms with Crippen LogP contribution in [0, 0.1) is 18.8 Å². The van der Waals surface area contributed by atoms with Crippen molar-refractivity contribution >= 4 is 0 Å². The van der Waals surface area contributed by atoms with Crippen molar-refractivity contribution in [2.45, 2.75) is 19.8 Å². The number of rotatable bonds is 4. The first kappa shape index (κ1) is 13.9. The molecule has 0 spiro atoms. The molecule has 1 aliphatic heterocycles. The molecule has 102 valence electrons. The zero-order valence-corrected chi connectivity index (χ0v) is 11.5. The minimum atomic E-state index is -0.124. The Labute approximate surface area is 115 Å². The highest BCUT2D eigenvalue weighted by molar-refractivity contribution is 5.48. The monoisotopic (exact) mass is 259 g/mol. The molecule has 2 rings (SSSR count). The first-order chi connectivity index (χ1) is 9.29. The predicted octanol–water partition coefficient (Wildman–Crippen LogP) is 1.81. The number of hydrogen-bond donors (Lipinski definition) is 1. The summed E-state index contributed by atoms with van der Waals surface area (Å²) in [5.74, 6) is 6.43. The van der Waals surface area contributed by atoms with Crippen molar-refractivity contribution in [3.8, 4) is 17.6 Å². The van der Waals surface area contributed by atoms with Gasteiger partial charge in [0, 0.05) is 6.54 Å². The van der Waals surface area contributed by atoms with E-state index >= 15 is 0 Å². The highest BCUT2D eigenvalue weighted by atomic mass is 16.5. The fraction of sp³-hybridized carbons (Fsp3) is 0.500. The lowest BCUT2D eigenvalue weighted by Gasteiger charge is -2.15. The van der Waals surface area contributed by atoms with E-state index in [1.54, 1.807) is 0 Å². The van der Waals surface area contributed by atoms with Crippen LogP contribution in [0.25, 0.3) is 0 Å². The summed E-state index contributed by atoms with van der Waals surface area (Å²) >= 11 is 0. The van der Waals surface area contributed by atoms with Gasteiger partial charge in [-0.3, -0.25) is 4.90 Å². The number of ether oxygens (including phenoxy) is 1. The first-order valence-corrected chi connectivity index (χ1v) is 6.85. The van der Waals surface area contributed by atoms with Crippen molar-refractivity contribution in [1.29, 1.82) is 0 Å². The van der Waals surface area contributed by atoms with Crippen molar-refractivity contribution in [2.75, 3.05) is 32.8 Å². The summed E-state index contributed by atoms with van der Waals surface area (Å²) in [5.41, 5.74) is 2.00. The summed E-state index contributed by atoms with van der Waals surface area (Å²) in [6.45, 7) is 5.94. The number of aryl methyl sites for hydroxylation is 1. The third kappa shape index (κ3) is 4.27. The highest BCUT2D eigenvalue weighted by Crippen LogP contribution is 2.19. The summed E-state index contributed by atoms with van der Waals surface area (Å²) in [6.07, 6.45) is 2.61. The Bertz CT molecular complexity index is 467. The van der Waals surface area contributed by atoms with Crippen molar-refractivity contribution in [2.24, 2.45) is 0 Å². The van der Waals surface area contributed by atoms with E-state index in [1.807, 2.05) is 25.1 Å². The molecule has 1 aromatic carbocycles. The molecule has 0 aromatic heterocycles. The van der Waals surface area contributed by atoms with Crippen LogP contribution in [0.2, 0.25) is 0 Å². The van der Waals surface area contributed by atoms with Crippen LogP contribution >= 0.6 is 0 Å². The van der Waals surface area contributed by atoms with Crippen molar-refractivity contribution in [3.63, 3.8) is 0 Å². The van der Waals surface area contributed by atoms with Gasteiger partial charge in [-0.2, -0.15) is 0 Å². The molecule has 3 heteroatoms. The molecular formula is C16H21NO2. The molecule has 1 aromatic rings. The van der Waals surface area contributed by atoms with Crippen molar-refractivity contribution in [3.05, 3.63) is 29.3 Å². The maximum atomic E-state index is 8.79. The molecule has 0 radical (unpaired) electrons. The second-order valence-corrected chi connectivity index (χ2v) is 4.86. The van der Waals surface area contributed by atoms with Crippen LogP contribution in [-0.4, -0.2) is 42.9 Å². The first-order valence-electron chi connectivity index (χ1n) is 6.85. The van der Waals surface area contributed by atoms with Crippen LogP contribution in [0.5, 0.6) is 5.75 Å². The molecule has 0 aliphatic carbocycles. The predicted molar refractivity (Wildman–Crippen MR) is 76.3 cm³/mol. The zero-order chi connectivity index (χ0) is 13.5. The van der Waals surface area contributed by atoms with Gasteiger partial charge in [-0.1, -0.05) is 17.9 Å². The van der Waals surface area contributed by atoms with E-state index in [9.17, 15) is 0 Å². The Hall–Kier alpha value is -1.50. The minimum absolute atomic E-state index is 0.124. The van der Waals surface area contributed by atoms with Crippen LogP contribution < -0.4 is 4.74 Å². The molecule has 1 aliphatic rings. The van der Waals surface area contributed by atoms with Crippen LogP contribution in [0.15, 0.2) is 18.2 Å². The molecule has 0 bridgehead atoms. The van der Waals surface area contributed by atoms with Gasteiger partial charge >= 0.3 is 0 Å². The van der Waals surface area contributed by atoms with Gasteiger partial charge in [0.1, 0.15) is 19.0 Å². The maximum absolute atomic E-state index is 8.79. The number of aliphatic hydroxyl groups is 1. The quantitative estimate of drug-likeness (QED) is 0.837. The Morgan fingerprint density at radius 1 is 1.32 bits per heavy atom. The number of likely N-dealkylation sites (tertiary alicyclic amines) is 1. The standard InChI is InChI=1S/C16H21NO2/c1-14-6-7-16(15(13-14)5-4-11-18)19-12-10-17-8-2-3-9-17/h6-7,13,18H,2-3,8-12H2,1H3. The average Bonchev–Trinajstić information content (AvgIpc) is 2.91. The van der Waals surface area contributed by atoms with Gasteiger partial charge in [0.05, 0.1) is 5.56 Å². The van der Waals surface area contributed by atoms with Gasteiger partial charge < -0.3 is 9.84 Å². The molecule has 0 atom stereocenters. The van der Waals surface area contributed by atoms with Crippen LogP contribution in [0.4, 0.5) is 0 Å². The van der Waals surface area contributed by atoms with E-state index in [2.05, 4.69) is 16.7 Å². The second-order valence-electron chi connectivity index (χ2n) is 4.86. The molecule has 0 saturated carbocycles. The van der Waals surface area contributed by atoms with Crippen LogP contribution in [-0.2, 0) is 0 Å². The number of nitrogens with zero attached hydrogens (tertiary/aromatic N) is 1. The normalized spacial score (nSPS) is 15.1. The smallest absolute Gasteiger partial charge is 0.134 e. The molecule has 1 fully saturated rings. The van der Waals surface area contributed by atoms with E-state index in [1.165, 1.54) is 25.9 Å². The SMILES string of the molecule is Cc1ccc(OCCN2CCCC2)c(C#CCO)c1. The van der Waals surface area contributed by atoms with E-state index in [-0.39, 0.29) is 6.61 Å². The van der Waals surface area contributed by atoms with E-state index < -0.39 is 0 Å². The highest BCUT2D eigenvalue weighted by Gasteiger charge is 2.11. The van der Waals surface area contributed by atoms with Gasteiger partial charge in [-0.25, -0.2) is 0 Å². The summed E-state index contributed by atoms with van der Waals surface area (Å²) in [5, 5.41) is 8.79. The summed E-state index contributed by atoms with van der Waals surface area (Å²) in [4.78, 5) is 2.42. The molecule has 1 heterocycles. The topological polar surface area (TPSA) is 32.7 Å². The molecular weight excluding hydrogens is 238 g/mol. The van der Waals surface area contributed by atoms with E-state index in [0.717, 1.165) is 23.4 Å². The van der Waals surface area contributed by atoms with E-state index in [4.69, 9.17) is 9.84 Å². The van der Waals surface area contributed by atoms with Gasteiger partial charge in [0.25, 0.3) is 0 Å². The van der Waals surface area contributed by atoms with Gasteiger partial charge in [-0.15, -0.1) is 0 Å². The Kier molecular flexibility index (Phi) is 5.26. The number of hydrogen-bond acceptors (Lipinski definition) is 3. The summed E-state index contributed by atoms with van der Waals surface area (Å²) in [6, 6.07) is 5.98. The molecule has 0 amide bonds. The summed E-state index contributed by atoms with van der Waals surface area (Å²) in [7, 11) is 0. The van der Waals surface area contributed by atoms with Crippen molar-refractivity contribution in [1.82, 2.24) is 4.90 Å². The molecule has 19 heavy (non-hydrogen) atoms. The van der Waals surface area contributed by atoms with Gasteiger partial charge in [-0.05, 0) is 50.6 Å². The fourth-order valence-corrected chi connectivity index (χ4v) is 2.29. The fourth-order valence-electron chi connectivity index (χ4n) is 2.29. The van der Waals surface area contributed by atoms with Crippen LogP contribution in [0.1, 0.15) is 24.0 Å².